The minimum absolute atomic E-state index is 0. The number of rotatable bonds is 2. The van der Waals surface area contributed by atoms with Crippen LogP contribution < -0.4 is 10.9 Å². The number of para-hydroxylation sites is 1. The van der Waals surface area contributed by atoms with Crippen LogP contribution in [0.5, 0.6) is 5.75 Å². The van der Waals surface area contributed by atoms with Gasteiger partial charge in [0, 0.05) is 0 Å². The van der Waals surface area contributed by atoms with Crippen molar-refractivity contribution in [2.24, 2.45) is 0 Å². The smallest absolute Gasteiger partial charge is 0.119 e. The highest BCUT2D eigenvalue weighted by Crippen LogP contribution is 2.25. The molecule has 0 aliphatic heterocycles. The van der Waals surface area contributed by atoms with Gasteiger partial charge in [-0.25, -0.2) is 0 Å². The summed E-state index contributed by atoms with van der Waals surface area (Å²) in [6.45, 7) is 0. The lowest BCUT2D eigenvalue weighted by Gasteiger charge is -2.01. The van der Waals surface area contributed by atoms with Crippen LogP contribution >= 0.6 is 0 Å². The first-order chi connectivity index (χ1) is 4.95. The fraction of sp³-hybridized carbons (Fsp3) is 0.333. The van der Waals surface area contributed by atoms with Gasteiger partial charge in [-0.05, 0) is 25.0 Å². The van der Waals surface area contributed by atoms with E-state index in [-0.39, 0.29) is 6.15 Å². The van der Waals surface area contributed by atoms with Gasteiger partial charge in [-0.1, -0.05) is 18.2 Å². The second kappa shape index (κ2) is 3.39. The van der Waals surface area contributed by atoms with E-state index in [1.54, 1.807) is 0 Å². The van der Waals surface area contributed by atoms with Crippen LogP contribution in [-0.2, 0) is 0 Å². The zero-order chi connectivity index (χ0) is 6.81. The molecule has 3 N–H and O–H groups in total. The molecule has 1 aliphatic carbocycles. The molecule has 1 fully saturated rings. The summed E-state index contributed by atoms with van der Waals surface area (Å²) in [4.78, 5) is 0. The number of hydrogen-bond acceptors (Lipinski definition) is 2. The zero-order valence-corrected chi connectivity index (χ0v) is 6.49. The van der Waals surface area contributed by atoms with Crippen molar-refractivity contribution >= 4 is 0 Å². The Balaban J connectivity index is 0.000000605. The average Bonchev–Trinajstić information content (AvgIpc) is 2.74. The van der Waals surface area contributed by atoms with Crippen LogP contribution in [0.2, 0.25) is 0 Å². The normalized spacial score (nSPS) is 15.3. The van der Waals surface area contributed by atoms with Gasteiger partial charge in [-0.2, -0.15) is 0 Å². The molecule has 11 heavy (non-hydrogen) atoms. The molecule has 1 aromatic rings. The third-order valence-electron chi connectivity index (χ3n) is 1.57. The number of benzene rings is 1. The monoisotopic (exact) mass is 151 g/mol. The highest BCUT2D eigenvalue weighted by atomic mass is 16.5. The molecule has 0 spiro atoms. The largest absolute Gasteiger partial charge is 0.490 e. The minimum atomic E-state index is 0. The molecule has 60 valence electrons. The van der Waals surface area contributed by atoms with Crippen molar-refractivity contribution in [3.63, 3.8) is 0 Å². The first kappa shape index (κ1) is 8.08. The molecule has 0 aromatic heterocycles. The Kier molecular flexibility index (Phi) is 2.49. The maximum absolute atomic E-state index is 5.53. The van der Waals surface area contributed by atoms with Crippen molar-refractivity contribution in [1.29, 1.82) is 0 Å². The highest BCUT2D eigenvalue weighted by Gasteiger charge is 2.22. The van der Waals surface area contributed by atoms with Crippen molar-refractivity contribution in [2.45, 2.75) is 18.9 Å². The Hall–Kier alpha value is -1.02. The lowest BCUT2D eigenvalue weighted by Crippen LogP contribution is -1.94. The quantitative estimate of drug-likeness (QED) is 0.705. The van der Waals surface area contributed by atoms with Crippen molar-refractivity contribution in [1.82, 2.24) is 6.15 Å². The number of ether oxygens (including phenoxy) is 1. The summed E-state index contributed by atoms with van der Waals surface area (Å²) in [5.74, 6) is 1.00. The van der Waals surface area contributed by atoms with Crippen molar-refractivity contribution in [3.05, 3.63) is 30.3 Å². The molecule has 1 aliphatic rings. The Morgan fingerprint density at radius 3 is 2.27 bits per heavy atom. The first-order valence-electron chi connectivity index (χ1n) is 3.67. The van der Waals surface area contributed by atoms with Crippen LogP contribution in [-0.4, -0.2) is 6.10 Å². The Bertz CT molecular complexity index is 206. The maximum Gasteiger partial charge on any atom is 0.119 e. The maximum atomic E-state index is 5.53. The van der Waals surface area contributed by atoms with Crippen LogP contribution in [0, 0.1) is 0 Å². The lowest BCUT2D eigenvalue weighted by atomic mass is 10.3. The predicted octanol–water partition coefficient (Wildman–Crippen LogP) is 2.39. The van der Waals surface area contributed by atoms with E-state index in [0.29, 0.717) is 6.10 Å². The van der Waals surface area contributed by atoms with E-state index in [0.717, 1.165) is 5.75 Å². The van der Waals surface area contributed by atoms with Gasteiger partial charge in [0.05, 0.1) is 6.10 Å². The summed E-state index contributed by atoms with van der Waals surface area (Å²) < 4.78 is 5.53. The van der Waals surface area contributed by atoms with Crippen molar-refractivity contribution < 1.29 is 4.74 Å². The van der Waals surface area contributed by atoms with E-state index in [2.05, 4.69) is 0 Å². The van der Waals surface area contributed by atoms with E-state index in [4.69, 9.17) is 4.74 Å². The summed E-state index contributed by atoms with van der Waals surface area (Å²) in [5.41, 5.74) is 0. The van der Waals surface area contributed by atoms with E-state index in [1.807, 2.05) is 30.3 Å². The van der Waals surface area contributed by atoms with E-state index in [1.165, 1.54) is 12.8 Å². The summed E-state index contributed by atoms with van der Waals surface area (Å²) in [5, 5.41) is 0. The standard InChI is InChI=1S/C9H10O.H3N/c1-2-4-8(5-3-1)10-9-6-7-9;/h1-5,9H,6-7H2;1H3. The average molecular weight is 151 g/mol. The van der Waals surface area contributed by atoms with Gasteiger partial charge in [0.1, 0.15) is 5.75 Å². The fourth-order valence-electron chi connectivity index (χ4n) is 0.877. The fourth-order valence-corrected chi connectivity index (χ4v) is 0.877. The lowest BCUT2D eigenvalue weighted by molar-refractivity contribution is 0.303. The molecule has 0 atom stereocenters. The van der Waals surface area contributed by atoms with Gasteiger partial charge in [-0.3, -0.25) is 0 Å². The molecule has 0 amide bonds. The van der Waals surface area contributed by atoms with Crippen LogP contribution in [0.25, 0.3) is 0 Å². The van der Waals surface area contributed by atoms with Crippen LogP contribution in [0.15, 0.2) is 30.3 Å². The second-order valence-corrected chi connectivity index (χ2v) is 2.63. The van der Waals surface area contributed by atoms with Crippen LogP contribution in [0.1, 0.15) is 12.8 Å². The molecule has 2 rings (SSSR count). The summed E-state index contributed by atoms with van der Waals surface area (Å²) in [7, 11) is 0. The third-order valence-corrected chi connectivity index (χ3v) is 1.57. The van der Waals surface area contributed by atoms with Gasteiger partial charge < -0.3 is 10.9 Å². The van der Waals surface area contributed by atoms with Gasteiger partial charge in [0.15, 0.2) is 0 Å². The van der Waals surface area contributed by atoms with E-state index < -0.39 is 0 Å². The highest BCUT2D eigenvalue weighted by molar-refractivity contribution is 5.21. The molecule has 2 heteroatoms. The van der Waals surface area contributed by atoms with Crippen molar-refractivity contribution in [3.8, 4) is 5.75 Å². The molecule has 0 heterocycles. The minimum Gasteiger partial charge on any atom is -0.490 e. The van der Waals surface area contributed by atoms with E-state index in [9.17, 15) is 0 Å². The van der Waals surface area contributed by atoms with Crippen molar-refractivity contribution in [2.75, 3.05) is 0 Å². The van der Waals surface area contributed by atoms with Gasteiger partial charge in [0.25, 0.3) is 0 Å². The van der Waals surface area contributed by atoms with Crippen LogP contribution in [0.3, 0.4) is 0 Å². The Labute approximate surface area is 66.8 Å². The molecule has 0 bridgehead atoms. The first-order valence-corrected chi connectivity index (χ1v) is 3.67. The van der Waals surface area contributed by atoms with Crippen LogP contribution in [0.4, 0.5) is 0 Å². The second-order valence-electron chi connectivity index (χ2n) is 2.63. The molecular formula is C9H13NO. The third kappa shape index (κ3) is 2.24. The molecule has 0 radical (unpaired) electrons. The SMILES string of the molecule is N.c1ccc(OC2CC2)cc1. The predicted molar refractivity (Wildman–Crippen MR) is 45.1 cm³/mol. The molecule has 0 unspecified atom stereocenters. The summed E-state index contributed by atoms with van der Waals surface area (Å²) in [6.07, 6.45) is 2.98. The molecule has 2 nitrogen and oxygen atoms in total. The van der Waals surface area contributed by atoms with Gasteiger partial charge in [-0.15, -0.1) is 0 Å². The summed E-state index contributed by atoms with van der Waals surface area (Å²) >= 11 is 0. The molecule has 1 saturated carbocycles. The molecular weight excluding hydrogens is 138 g/mol. The van der Waals surface area contributed by atoms with E-state index >= 15 is 0 Å². The number of hydrogen-bond donors (Lipinski definition) is 1. The zero-order valence-electron chi connectivity index (χ0n) is 6.49. The topological polar surface area (TPSA) is 44.2 Å². The van der Waals surface area contributed by atoms with Gasteiger partial charge >= 0.3 is 0 Å². The molecule has 0 saturated heterocycles. The Morgan fingerprint density at radius 1 is 1.09 bits per heavy atom. The summed E-state index contributed by atoms with van der Waals surface area (Å²) in [6, 6.07) is 9.99. The molecule has 1 aromatic carbocycles. The Morgan fingerprint density at radius 2 is 1.73 bits per heavy atom. The van der Waals surface area contributed by atoms with Gasteiger partial charge in [0.2, 0.25) is 0 Å².